The molecule has 0 aromatic heterocycles. The number of hydrogen-bond acceptors (Lipinski definition) is 4. The number of carbonyl (C=O) groups excluding carboxylic acids is 1. The number of likely N-dealkylation sites (tertiary alicyclic amines) is 1. The predicted molar refractivity (Wildman–Crippen MR) is 85.3 cm³/mol. The van der Waals surface area contributed by atoms with E-state index in [4.69, 9.17) is 10.5 Å². The number of nitrogens with two attached hydrogens (primary N) is 1. The van der Waals surface area contributed by atoms with Gasteiger partial charge in [-0.25, -0.2) is 0 Å². The maximum absolute atomic E-state index is 12.0. The highest BCUT2D eigenvalue weighted by Crippen LogP contribution is 2.18. The minimum absolute atomic E-state index is 0.0394. The van der Waals surface area contributed by atoms with E-state index in [2.05, 4.69) is 10.2 Å². The fraction of sp³-hybridized carbons (Fsp3) is 0.562. The number of amides is 1. The molecule has 1 aromatic rings. The van der Waals surface area contributed by atoms with E-state index in [0.29, 0.717) is 18.2 Å². The summed E-state index contributed by atoms with van der Waals surface area (Å²) >= 11 is 0. The van der Waals surface area contributed by atoms with Gasteiger partial charge in [-0.3, -0.25) is 4.79 Å². The van der Waals surface area contributed by atoms with Crippen molar-refractivity contribution in [1.29, 1.82) is 0 Å². The van der Waals surface area contributed by atoms with Gasteiger partial charge in [-0.2, -0.15) is 0 Å². The molecule has 0 aliphatic carbocycles. The van der Waals surface area contributed by atoms with Crippen LogP contribution < -0.4 is 11.1 Å². The molecule has 2 rings (SSSR count). The van der Waals surface area contributed by atoms with Gasteiger partial charge < -0.3 is 20.7 Å². The molecule has 0 bridgehead atoms. The Bertz CT molecular complexity index is 482. The molecule has 0 unspecified atom stereocenters. The molecule has 1 aromatic carbocycles. The monoisotopic (exact) mass is 291 g/mol. The van der Waals surface area contributed by atoms with Crippen LogP contribution in [0, 0.1) is 6.92 Å². The summed E-state index contributed by atoms with van der Waals surface area (Å²) in [5.41, 5.74) is 8.24. The van der Waals surface area contributed by atoms with Crippen molar-refractivity contribution in [3.63, 3.8) is 0 Å². The molecule has 116 valence electrons. The molecule has 1 aliphatic heterocycles. The van der Waals surface area contributed by atoms with E-state index in [1.807, 2.05) is 19.1 Å². The third kappa shape index (κ3) is 4.72. The molecule has 0 radical (unpaired) electrons. The molecule has 0 spiro atoms. The number of nitrogens with one attached hydrogen (secondary N) is 1. The lowest BCUT2D eigenvalue weighted by atomic mass is 10.1. The standard InChI is InChI=1S/C16H25N3O2/c1-12-3-4-13(17)11-15(12)18-16(20)7-10-19-8-5-14(21-2)6-9-19/h3-4,11,14H,5-10,17H2,1-2H3,(H,18,20). The van der Waals surface area contributed by atoms with Crippen LogP contribution in [0.15, 0.2) is 18.2 Å². The average Bonchev–Trinajstić information content (AvgIpc) is 2.49. The largest absolute Gasteiger partial charge is 0.399 e. The van der Waals surface area contributed by atoms with Crippen molar-refractivity contribution in [2.75, 3.05) is 37.8 Å². The van der Waals surface area contributed by atoms with E-state index in [9.17, 15) is 4.79 Å². The summed E-state index contributed by atoms with van der Waals surface area (Å²) in [6, 6.07) is 5.56. The molecular weight excluding hydrogens is 266 g/mol. The third-order valence-corrected chi connectivity index (χ3v) is 4.06. The summed E-state index contributed by atoms with van der Waals surface area (Å²) in [6.07, 6.45) is 2.98. The second-order valence-corrected chi connectivity index (χ2v) is 5.65. The van der Waals surface area contributed by atoms with Crippen LogP contribution in [0.4, 0.5) is 11.4 Å². The Morgan fingerprint density at radius 2 is 2.14 bits per heavy atom. The Morgan fingerprint density at radius 1 is 1.43 bits per heavy atom. The molecule has 5 heteroatoms. The Morgan fingerprint density at radius 3 is 2.81 bits per heavy atom. The first-order chi connectivity index (χ1) is 10.1. The van der Waals surface area contributed by atoms with Crippen LogP contribution in [0.2, 0.25) is 0 Å². The number of anilines is 2. The van der Waals surface area contributed by atoms with Crippen molar-refractivity contribution in [2.45, 2.75) is 32.3 Å². The Balaban J connectivity index is 1.76. The maximum atomic E-state index is 12.0. The summed E-state index contributed by atoms with van der Waals surface area (Å²) in [7, 11) is 1.77. The second kappa shape index (κ2) is 7.43. The van der Waals surface area contributed by atoms with Crippen molar-refractivity contribution >= 4 is 17.3 Å². The average molecular weight is 291 g/mol. The number of nitrogen functional groups attached to an aromatic ring is 1. The number of piperidine rings is 1. The van der Waals surface area contributed by atoms with Gasteiger partial charge in [-0.15, -0.1) is 0 Å². The molecule has 1 saturated heterocycles. The van der Waals surface area contributed by atoms with Crippen LogP contribution in [0.5, 0.6) is 0 Å². The molecule has 0 saturated carbocycles. The van der Waals surface area contributed by atoms with Gasteiger partial charge in [-0.1, -0.05) is 6.07 Å². The minimum atomic E-state index is 0.0394. The SMILES string of the molecule is COC1CCN(CCC(=O)Nc2cc(N)ccc2C)CC1. The summed E-state index contributed by atoms with van der Waals surface area (Å²) < 4.78 is 5.35. The predicted octanol–water partition coefficient (Wildman–Crippen LogP) is 2.02. The van der Waals surface area contributed by atoms with Crippen molar-refractivity contribution in [1.82, 2.24) is 4.90 Å². The third-order valence-electron chi connectivity index (χ3n) is 4.06. The Hall–Kier alpha value is -1.59. The molecule has 21 heavy (non-hydrogen) atoms. The maximum Gasteiger partial charge on any atom is 0.225 e. The van der Waals surface area contributed by atoms with Crippen LogP contribution >= 0.6 is 0 Å². The van der Waals surface area contributed by atoms with Crippen molar-refractivity contribution < 1.29 is 9.53 Å². The fourth-order valence-corrected chi connectivity index (χ4v) is 2.62. The first kappa shape index (κ1) is 15.8. The van der Waals surface area contributed by atoms with Crippen LogP contribution in [0.25, 0.3) is 0 Å². The van der Waals surface area contributed by atoms with Gasteiger partial charge in [0.1, 0.15) is 0 Å². The number of rotatable bonds is 5. The van der Waals surface area contributed by atoms with E-state index in [1.54, 1.807) is 13.2 Å². The molecule has 1 amide bonds. The quantitative estimate of drug-likeness (QED) is 0.814. The number of hydrogen-bond donors (Lipinski definition) is 2. The number of methoxy groups -OCH3 is 1. The summed E-state index contributed by atoms with van der Waals surface area (Å²) in [5, 5.41) is 2.94. The fourth-order valence-electron chi connectivity index (χ4n) is 2.62. The van der Waals surface area contributed by atoms with E-state index in [0.717, 1.165) is 43.7 Å². The highest BCUT2D eigenvalue weighted by Gasteiger charge is 2.19. The van der Waals surface area contributed by atoms with E-state index in [1.165, 1.54) is 0 Å². The zero-order valence-electron chi connectivity index (χ0n) is 12.9. The molecule has 1 heterocycles. The first-order valence-corrected chi connectivity index (χ1v) is 7.49. The zero-order chi connectivity index (χ0) is 15.2. The van der Waals surface area contributed by atoms with E-state index >= 15 is 0 Å². The van der Waals surface area contributed by atoms with Crippen molar-refractivity contribution in [3.05, 3.63) is 23.8 Å². The highest BCUT2D eigenvalue weighted by atomic mass is 16.5. The molecular formula is C16H25N3O2. The molecule has 1 aliphatic rings. The summed E-state index contributed by atoms with van der Waals surface area (Å²) in [5.74, 6) is 0.0394. The normalized spacial score (nSPS) is 16.9. The van der Waals surface area contributed by atoms with E-state index in [-0.39, 0.29) is 5.91 Å². The van der Waals surface area contributed by atoms with Gasteiger partial charge >= 0.3 is 0 Å². The van der Waals surface area contributed by atoms with Crippen molar-refractivity contribution in [2.24, 2.45) is 0 Å². The molecule has 1 fully saturated rings. The molecule has 5 nitrogen and oxygen atoms in total. The topological polar surface area (TPSA) is 67.6 Å². The Labute approximate surface area is 126 Å². The number of ether oxygens (including phenoxy) is 1. The highest BCUT2D eigenvalue weighted by molar-refractivity contribution is 5.92. The van der Waals surface area contributed by atoms with Gasteiger partial charge in [0.05, 0.1) is 6.10 Å². The lowest BCUT2D eigenvalue weighted by molar-refractivity contribution is -0.116. The lowest BCUT2D eigenvalue weighted by Gasteiger charge is -2.30. The minimum Gasteiger partial charge on any atom is -0.399 e. The van der Waals surface area contributed by atoms with Gasteiger partial charge in [0, 0.05) is 44.5 Å². The first-order valence-electron chi connectivity index (χ1n) is 7.49. The lowest BCUT2D eigenvalue weighted by Crippen LogP contribution is -2.38. The van der Waals surface area contributed by atoms with E-state index < -0.39 is 0 Å². The van der Waals surface area contributed by atoms with Crippen LogP contribution in [0.1, 0.15) is 24.8 Å². The molecule has 3 N–H and O–H groups in total. The van der Waals surface area contributed by atoms with Gasteiger partial charge in [0.25, 0.3) is 0 Å². The molecule has 0 atom stereocenters. The summed E-state index contributed by atoms with van der Waals surface area (Å²) in [6.45, 7) is 4.76. The van der Waals surface area contributed by atoms with Gasteiger partial charge in [-0.05, 0) is 37.5 Å². The van der Waals surface area contributed by atoms with Gasteiger partial charge in [0.2, 0.25) is 5.91 Å². The van der Waals surface area contributed by atoms with Crippen molar-refractivity contribution in [3.8, 4) is 0 Å². The number of carbonyl (C=O) groups is 1. The number of aryl methyl sites for hydroxylation is 1. The van der Waals surface area contributed by atoms with Crippen LogP contribution in [-0.2, 0) is 9.53 Å². The smallest absolute Gasteiger partial charge is 0.225 e. The number of benzene rings is 1. The second-order valence-electron chi connectivity index (χ2n) is 5.65. The number of nitrogens with zero attached hydrogens (tertiary/aromatic N) is 1. The zero-order valence-corrected chi connectivity index (χ0v) is 12.9. The summed E-state index contributed by atoms with van der Waals surface area (Å²) in [4.78, 5) is 14.4. The van der Waals surface area contributed by atoms with Crippen LogP contribution in [0.3, 0.4) is 0 Å². The van der Waals surface area contributed by atoms with Gasteiger partial charge in [0.15, 0.2) is 0 Å². The Kier molecular flexibility index (Phi) is 5.59. The van der Waals surface area contributed by atoms with Crippen LogP contribution in [-0.4, -0.2) is 43.7 Å².